The van der Waals surface area contributed by atoms with Crippen LogP contribution >= 0.6 is 11.8 Å². The van der Waals surface area contributed by atoms with E-state index in [1.54, 1.807) is 19.1 Å². The van der Waals surface area contributed by atoms with Gasteiger partial charge in [-0.1, -0.05) is 0 Å². The number of fused-ring (bicyclic) bond motifs is 1. The van der Waals surface area contributed by atoms with Gasteiger partial charge in [-0.3, -0.25) is 4.79 Å². The molecular formula is C18H20NO6S-. The van der Waals surface area contributed by atoms with Gasteiger partial charge in [0.2, 0.25) is 0 Å². The van der Waals surface area contributed by atoms with Crippen LogP contribution in [0.1, 0.15) is 17.5 Å². The number of aliphatic carboxylic acids is 1. The van der Waals surface area contributed by atoms with Crippen LogP contribution in [0.15, 0.2) is 27.4 Å². The van der Waals surface area contributed by atoms with Crippen molar-refractivity contribution in [3.63, 3.8) is 0 Å². The number of carboxylic acids is 1. The minimum absolute atomic E-state index is 0.273. The summed E-state index contributed by atoms with van der Waals surface area (Å²) < 4.78 is 10.6. The van der Waals surface area contributed by atoms with E-state index < -0.39 is 23.5 Å². The molecule has 0 spiro atoms. The number of benzene rings is 1. The van der Waals surface area contributed by atoms with Crippen molar-refractivity contribution >= 4 is 34.6 Å². The van der Waals surface area contributed by atoms with E-state index in [4.69, 9.17) is 9.15 Å². The zero-order chi connectivity index (χ0) is 19.3. The molecule has 8 heteroatoms. The molecule has 140 valence electrons. The van der Waals surface area contributed by atoms with Crippen molar-refractivity contribution < 1.29 is 23.8 Å². The molecular weight excluding hydrogens is 358 g/mol. The Hall–Kier alpha value is -2.48. The molecule has 0 saturated heterocycles. The molecule has 2 rings (SSSR count). The van der Waals surface area contributed by atoms with Crippen LogP contribution in [-0.2, 0) is 9.59 Å². The van der Waals surface area contributed by atoms with E-state index in [9.17, 15) is 19.5 Å². The highest BCUT2D eigenvalue weighted by molar-refractivity contribution is 7.98. The minimum atomic E-state index is -1.33. The van der Waals surface area contributed by atoms with Gasteiger partial charge in [-0.05, 0) is 50.0 Å². The summed E-state index contributed by atoms with van der Waals surface area (Å²) in [6.45, 7) is 3.17. The summed E-state index contributed by atoms with van der Waals surface area (Å²) in [5.41, 5.74) is 1.31. The van der Waals surface area contributed by atoms with Crippen molar-refractivity contribution in [2.45, 2.75) is 26.3 Å². The summed E-state index contributed by atoms with van der Waals surface area (Å²) in [5, 5.41) is 14.2. The summed E-state index contributed by atoms with van der Waals surface area (Å²) in [4.78, 5) is 34.7. The van der Waals surface area contributed by atoms with E-state index in [-0.39, 0.29) is 13.0 Å². The minimum Gasteiger partial charge on any atom is -0.548 e. The fourth-order valence-corrected chi connectivity index (χ4v) is 2.86. The Balaban J connectivity index is 2.04. The van der Waals surface area contributed by atoms with Crippen molar-refractivity contribution in [2.75, 3.05) is 18.6 Å². The molecule has 1 aromatic heterocycles. The second-order valence-electron chi connectivity index (χ2n) is 5.81. The quantitative estimate of drug-likeness (QED) is 0.676. The number of carbonyl (C=O) groups excluding carboxylic acids is 2. The normalized spacial score (nSPS) is 12.0. The molecule has 0 aliphatic carbocycles. The van der Waals surface area contributed by atoms with Gasteiger partial charge in [-0.25, -0.2) is 4.79 Å². The number of ether oxygens (including phenoxy) is 1. The Morgan fingerprint density at radius 3 is 2.69 bits per heavy atom. The van der Waals surface area contributed by atoms with E-state index in [1.807, 2.05) is 13.2 Å². The van der Waals surface area contributed by atoms with Gasteiger partial charge in [0.1, 0.15) is 11.3 Å². The SMILES string of the molecule is CSCC[C@H](NC(=O)COc1ccc2c(C)c(C)c(=O)oc2c1)C(=O)[O-]. The van der Waals surface area contributed by atoms with Crippen molar-refractivity contribution in [3.05, 3.63) is 39.7 Å². The Labute approximate surface area is 154 Å². The zero-order valence-corrected chi connectivity index (χ0v) is 15.6. The van der Waals surface area contributed by atoms with Gasteiger partial charge < -0.3 is 24.4 Å². The van der Waals surface area contributed by atoms with Crippen LogP contribution in [0.25, 0.3) is 11.0 Å². The van der Waals surface area contributed by atoms with Gasteiger partial charge in [0.05, 0.1) is 12.0 Å². The molecule has 1 amide bonds. The molecule has 0 unspecified atom stereocenters. The molecule has 1 atom stereocenters. The van der Waals surface area contributed by atoms with Crippen LogP contribution in [0, 0.1) is 13.8 Å². The Morgan fingerprint density at radius 2 is 2.04 bits per heavy atom. The van der Waals surface area contributed by atoms with Crippen LogP contribution in [0.5, 0.6) is 5.75 Å². The Bertz CT molecular complexity index is 876. The fourth-order valence-electron chi connectivity index (χ4n) is 2.39. The van der Waals surface area contributed by atoms with Crippen LogP contribution in [0.3, 0.4) is 0 Å². The molecule has 2 aromatic rings. The molecule has 0 radical (unpaired) electrons. The van der Waals surface area contributed by atoms with Crippen LogP contribution in [0.2, 0.25) is 0 Å². The van der Waals surface area contributed by atoms with Gasteiger partial charge in [-0.2, -0.15) is 11.8 Å². The maximum absolute atomic E-state index is 11.9. The van der Waals surface area contributed by atoms with E-state index in [0.29, 0.717) is 22.6 Å². The largest absolute Gasteiger partial charge is 0.548 e. The topological polar surface area (TPSA) is 109 Å². The van der Waals surface area contributed by atoms with Gasteiger partial charge >= 0.3 is 5.63 Å². The molecule has 0 aliphatic heterocycles. The number of rotatable bonds is 8. The van der Waals surface area contributed by atoms with Crippen molar-refractivity contribution in [1.82, 2.24) is 5.32 Å². The number of nitrogens with one attached hydrogen (secondary N) is 1. The average Bonchev–Trinajstić information content (AvgIpc) is 2.61. The van der Waals surface area contributed by atoms with Gasteiger partial charge in [-0.15, -0.1) is 0 Å². The number of carboxylic acid groups (broad SMARTS) is 1. The summed E-state index contributed by atoms with van der Waals surface area (Å²) in [7, 11) is 0. The predicted molar refractivity (Wildman–Crippen MR) is 97.4 cm³/mol. The maximum atomic E-state index is 11.9. The lowest BCUT2D eigenvalue weighted by molar-refractivity contribution is -0.308. The van der Waals surface area contributed by atoms with Gasteiger partial charge in [0.25, 0.3) is 5.91 Å². The number of hydrogen-bond acceptors (Lipinski definition) is 7. The summed E-state index contributed by atoms with van der Waals surface area (Å²) >= 11 is 1.48. The molecule has 1 N–H and O–H groups in total. The Kier molecular flexibility index (Phi) is 6.68. The monoisotopic (exact) mass is 378 g/mol. The lowest BCUT2D eigenvalue weighted by Gasteiger charge is -2.19. The van der Waals surface area contributed by atoms with Crippen molar-refractivity contribution in [1.29, 1.82) is 0 Å². The molecule has 0 aliphatic rings. The first-order valence-electron chi connectivity index (χ1n) is 7.99. The highest BCUT2D eigenvalue weighted by Crippen LogP contribution is 2.23. The summed E-state index contributed by atoms with van der Waals surface area (Å²) in [6, 6.07) is 3.88. The number of aryl methyl sites for hydroxylation is 1. The average molecular weight is 378 g/mol. The van der Waals surface area contributed by atoms with E-state index in [1.165, 1.54) is 17.8 Å². The molecule has 0 bridgehead atoms. The number of carbonyl (C=O) groups is 2. The molecule has 1 heterocycles. The van der Waals surface area contributed by atoms with Crippen molar-refractivity contribution in [3.8, 4) is 5.75 Å². The highest BCUT2D eigenvalue weighted by atomic mass is 32.2. The highest BCUT2D eigenvalue weighted by Gasteiger charge is 2.14. The van der Waals surface area contributed by atoms with E-state index in [2.05, 4.69) is 5.32 Å². The first kappa shape index (κ1) is 19.8. The summed E-state index contributed by atoms with van der Waals surface area (Å²) in [6.07, 6.45) is 2.12. The van der Waals surface area contributed by atoms with Crippen LogP contribution < -0.4 is 20.8 Å². The van der Waals surface area contributed by atoms with Crippen LogP contribution in [0.4, 0.5) is 0 Å². The third-order valence-corrected chi connectivity index (χ3v) is 4.67. The lowest BCUT2D eigenvalue weighted by Crippen LogP contribution is -2.49. The second-order valence-corrected chi connectivity index (χ2v) is 6.79. The maximum Gasteiger partial charge on any atom is 0.339 e. The first-order chi connectivity index (χ1) is 12.3. The number of amides is 1. The molecule has 1 aromatic carbocycles. The molecule has 26 heavy (non-hydrogen) atoms. The van der Waals surface area contributed by atoms with Crippen LogP contribution in [-0.4, -0.2) is 36.5 Å². The van der Waals surface area contributed by atoms with Crippen molar-refractivity contribution in [2.24, 2.45) is 0 Å². The molecule has 7 nitrogen and oxygen atoms in total. The van der Waals surface area contributed by atoms with Gasteiger partial charge in [0.15, 0.2) is 6.61 Å². The number of hydrogen-bond donors (Lipinski definition) is 1. The van der Waals surface area contributed by atoms with E-state index >= 15 is 0 Å². The zero-order valence-electron chi connectivity index (χ0n) is 14.8. The first-order valence-corrected chi connectivity index (χ1v) is 9.39. The molecule has 0 saturated carbocycles. The number of thioether (sulfide) groups is 1. The lowest BCUT2D eigenvalue weighted by atomic mass is 10.1. The van der Waals surface area contributed by atoms with E-state index in [0.717, 1.165) is 10.9 Å². The second kappa shape index (κ2) is 8.75. The third kappa shape index (κ3) is 4.78. The van der Waals surface area contributed by atoms with Gasteiger partial charge in [0, 0.05) is 17.0 Å². The smallest absolute Gasteiger partial charge is 0.339 e. The predicted octanol–water partition coefficient (Wildman–Crippen LogP) is 0.776. The fraction of sp³-hybridized carbons (Fsp3) is 0.389. The Morgan fingerprint density at radius 1 is 1.31 bits per heavy atom. The molecule has 0 fully saturated rings. The third-order valence-electron chi connectivity index (χ3n) is 4.03. The standard InChI is InChI=1S/C18H21NO6S/c1-10-11(2)18(23)25-15-8-12(4-5-13(10)15)24-9-16(20)19-14(17(21)22)6-7-26-3/h4-5,8,14H,6-7,9H2,1-3H3,(H,19,20)(H,21,22)/p-1/t14-/m0/s1. The summed E-state index contributed by atoms with van der Waals surface area (Å²) in [5.74, 6) is -0.969.